The fourth-order valence-corrected chi connectivity index (χ4v) is 3.16. The monoisotopic (exact) mass is 340 g/mol. The Kier molecular flexibility index (Phi) is 5.16. The summed E-state index contributed by atoms with van der Waals surface area (Å²) < 4.78 is 3.38. The third kappa shape index (κ3) is 3.43. The van der Waals surface area contributed by atoms with Crippen LogP contribution in [-0.2, 0) is 18.4 Å². The van der Waals surface area contributed by atoms with E-state index in [1.807, 2.05) is 28.8 Å². The third-order valence-corrected chi connectivity index (χ3v) is 4.50. The molecule has 0 atom stereocenters. The molecule has 2 heterocycles. The highest BCUT2D eigenvalue weighted by Gasteiger charge is 2.14. The van der Waals surface area contributed by atoms with Crippen molar-refractivity contribution in [1.29, 1.82) is 0 Å². The van der Waals surface area contributed by atoms with Gasteiger partial charge in [-0.2, -0.15) is 5.10 Å². The number of carbonyl (C=O) groups excluding carboxylic acids is 1. The van der Waals surface area contributed by atoms with Gasteiger partial charge < -0.3 is 9.88 Å². The molecule has 3 aromatic rings. The summed E-state index contributed by atoms with van der Waals surface area (Å²) in [6.45, 7) is 3.46. The van der Waals surface area contributed by atoms with Gasteiger partial charge in [0.15, 0.2) is 0 Å². The van der Waals surface area contributed by atoms with Gasteiger partial charge in [-0.15, -0.1) is 0 Å². The fourth-order valence-electron chi connectivity index (χ4n) is 3.16. The van der Waals surface area contributed by atoms with E-state index in [1.54, 1.807) is 13.2 Å². The first kappa shape index (κ1) is 17.2. The van der Waals surface area contributed by atoms with Crippen LogP contribution in [0.5, 0.6) is 0 Å². The molecule has 1 amide bonds. The SMILES string of the molecule is CCCCNC(=O)CCCn1c2ccccc2c2cnn(C)c(=O)c21. The lowest BCUT2D eigenvalue weighted by atomic mass is 10.2. The summed E-state index contributed by atoms with van der Waals surface area (Å²) in [6.07, 6.45) is 4.97. The van der Waals surface area contributed by atoms with E-state index in [4.69, 9.17) is 0 Å². The molecule has 132 valence electrons. The van der Waals surface area contributed by atoms with Gasteiger partial charge in [-0.3, -0.25) is 9.59 Å². The number of nitrogens with one attached hydrogen (secondary N) is 1. The van der Waals surface area contributed by atoms with E-state index in [0.717, 1.165) is 35.7 Å². The Balaban J connectivity index is 1.86. The molecule has 0 unspecified atom stereocenters. The van der Waals surface area contributed by atoms with Crippen molar-refractivity contribution < 1.29 is 4.79 Å². The number of unbranched alkanes of at least 4 members (excludes halogenated alkanes) is 1. The van der Waals surface area contributed by atoms with Gasteiger partial charge in [0.05, 0.1) is 6.20 Å². The normalized spacial score (nSPS) is 11.3. The summed E-state index contributed by atoms with van der Waals surface area (Å²) in [5.41, 5.74) is 1.56. The van der Waals surface area contributed by atoms with E-state index in [-0.39, 0.29) is 11.5 Å². The zero-order valence-corrected chi connectivity index (χ0v) is 14.8. The lowest BCUT2D eigenvalue weighted by Gasteiger charge is -2.08. The maximum absolute atomic E-state index is 12.6. The van der Waals surface area contributed by atoms with Crippen LogP contribution in [-0.4, -0.2) is 26.8 Å². The highest BCUT2D eigenvalue weighted by Crippen LogP contribution is 2.26. The Labute approximate surface area is 146 Å². The summed E-state index contributed by atoms with van der Waals surface area (Å²) in [5.74, 6) is 0.0730. The zero-order valence-electron chi connectivity index (χ0n) is 14.8. The second kappa shape index (κ2) is 7.51. The van der Waals surface area contributed by atoms with E-state index in [2.05, 4.69) is 17.3 Å². The molecule has 0 spiro atoms. The van der Waals surface area contributed by atoms with Crippen molar-refractivity contribution in [3.05, 3.63) is 40.8 Å². The van der Waals surface area contributed by atoms with Gasteiger partial charge in [-0.25, -0.2) is 4.68 Å². The van der Waals surface area contributed by atoms with Crippen molar-refractivity contribution in [2.24, 2.45) is 7.05 Å². The third-order valence-electron chi connectivity index (χ3n) is 4.50. The van der Waals surface area contributed by atoms with Gasteiger partial charge in [0, 0.05) is 42.8 Å². The van der Waals surface area contributed by atoms with Gasteiger partial charge in [-0.05, 0) is 18.9 Å². The number of hydrogen-bond donors (Lipinski definition) is 1. The van der Waals surface area contributed by atoms with Crippen LogP contribution in [0.25, 0.3) is 21.8 Å². The van der Waals surface area contributed by atoms with Gasteiger partial charge in [0.2, 0.25) is 5.91 Å². The van der Waals surface area contributed by atoms with Gasteiger partial charge >= 0.3 is 0 Å². The average Bonchev–Trinajstić information content (AvgIpc) is 2.93. The maximum Gasteiger partial charge on any atom is 0.291 e. The Bertz CT molecular complexity index is 955. The van der Waals surface area contributed by atoms with Crippen molar-refractivity contribution in [2.75, 3.05) is 6.54 Å². The number of benzene rings is 1. The topological polar surface area (TPSA) is 68.9 Å². The van der Waals surface area contributed by atoms with E-state index in [0.29, 0.717) is 24.9 Å². The van der Waals surface area contributed by atoms with Crippen LogP contribution < -0.4 is 10.9 Å². The number of hydrogen-bond acceptors (Lipinski definition) is 3. The number of amides is 1. The summed E-state index contributed by atoms with van der Waals surface area (Å²) in [4.78, 5) is 24.5. The molecule has 0 aliphatic rings. The molecule has 3 rings (SSSR count). The number of aryl methyl sites for hydroxylation is 2. The number of nitrogens with zero attached hydrogens (tertiary/aromatic N) is 3. The van der Waals surface area contributed by atoms with E-state index in [9.17, 15) is 9.59 Å². The van der Waals surface area contributed by atoms with Crippen molar-refractivity contribution in [2.45, 2.75) is 39.2 Å². The number of aromatic nitrogens is 3. The standard InChI is InChI=1S/C19H24N4O2/c1-3-4-11-20-17(24)10-7-12-23-16-9-6-5-8-14(16)15-13-21-22(2)19(25)18(15)23/h5-6,8-9,13H,3-4,7,10-12H2,1-2H3,(H,20,24). The van der Waals surface area contributed by atoms with Crippen LogP contribution in [0.1, 0.15) is 32.6 Å². The number of rotatable bonds is 7. The first-order chi connectivity index (χ1) is 12.1. The number of carbonyl (C=O) groups is 1. The van der Waals surface area contributed by atoms with E-state index < -0.39 is 0 Å². The minimum atomic E-state index is -0.110. The molecule has 0 aliphatic heterocycles. The van der Waals surface area contributed by atoms with Crippen molar-refractivity contribution >= 4 is 27.7 Å². The van der Waals surface area contributed by atoms with Crippen LogP contribution in [0.4, 0.5) is 0 Å². The van der Waals surface area contributed by atoms with Crippen LogP contribution in [0, 0.1) is 0 Å². The highest BCUT2D eigenvalue weighted by molar-refractivity contribution is 6.07. The quantitative estimate of drug-likeness (QED) is 0.672. The average molecular weight is 340 g/mol. The molecule has 0 bridgehead atoms. The first-order valence-electron chi connectivity index (χ1n) is 8.83. The van der Waals surface area contributed by atoms with Crippen LogP contribution in [0.2, 0.25) is 0 Å². The predicted molar refractivity (Wildman–Crippen MR) is 99.6 cm³/mol. The van der Waals surface area contributed by atoms with Crippen LogP contribution >= 0.6 is 0 Å². The molecule has 0 saturated heterocycles. The fraction of sp³-hybridized carbons (Fsp3) is 0.421. The molecule has 1 N–H and O–H groups in total. The molecule has 25 heavy (non-hydrogen) atoms. The molecule has 1 aromatic carbocycles. The minimum absolute atomic E-state index is 0.0730. The molecule has 6 heteroatoms. The maximum atomic E-state index is 12.6. The molecule has 0 fully saturated rings. The summed E-state index contributed by atoms with van der Waals surface area (Å²) in [7, 11) is 1.66. The lowest BCUT2D eigenvalue weighted by molar-refractivity contribution is -0.121. The molecule has 0 aliphatic carbocycles. The summed E-state index contributed by atoms with van der Waals surface area (Å²) in [6, 6.07) is 7.95. The first-order valence-corrected chi connectivity index (χ1v) is 8.83. The Hall–Kier alpha value is -2.63. The molecule has 0 saturated carbocycles. The van der Waals surface area contributed by atoms with E-state index in [1.165, 1.54) is 4.68 Å². The second-order valence-corrected chi connectivity index (χ2v) is 6.31. The predicted octanol–water partition coefficient (Wildman–Crippen LogP) is 2.58. The highest BCUT2D eigenvalue weighted by atomic mass is 16.1. The van der Waals surface area contributed by atoms with Crippen molar-refractivity contribution in [3.63, 3.8) is 0 Å². The Morgan fingerprint density at radius 2 is 2.00 bits per heavy atom. The number of fused-ring (bicyclic) bond motifs is 3. The summed E-state index contributed by atoms with van der Waals surface area (Å²) in [5, 5.41) is 8.97. The van der Waals surface area contributed by atoms with Gasteiger partial charge in [0.1, 0.15) is 5.52 Å². The minimum Gasteiger partial charge on any atom is -0.356 e. The Morgan fingerprint density at radius 3 is 2.80 bits per heavy atom. The smallest absolute Gasteiger partial charge is 0.291 e. The number of para-hydroxylation sites is 1. The molecular formula is C19H24N4O2. The van der Waals surface area contributed by atoms with Crippen molar-refractivity contribution in [3.8, 4) is 0 Å². The molecule has 0 radical (unpaired) electrons. The van der Waals surface area contributed by atoms with Crippen LogP contribution in [0.15, 0.2) is 35.3 Å². The Morgan fingerprint density at radius 1 is 1.20 bits per heavy atom. The zero-order chi connectivity index (χ0) is 17.8. The van der Waals surface area contributed by atoms with Gasteiger partial charge in [0.25, 0.3) is 5.56 Å². The summed E-state index contributed by atoms with van der Waals surface area (Å²) >= 11 is 0. The molecular weight excluding hydrogens is 316 g/mol. The largest absolute Gasteiger partial charge is 0.356 e. The van der Waals surface area contributed by atoms with E-state index >= 15 is 0 Å². The second-order valence-electron chi connectivity index (χ2n) is 6.31. The lowest BCUT2D eigenvalue weighted by Crippen LogP contribution is -2.24. The molecule has 2 aromatic heterocycles. The molecule has 6 nitrogen and oxygen atoms in total. The van der Waals surface area contributed by atoms with Crippen LogP contribution in [0.3, 0.4) is 0 Å². The van der Waals surface area contributed by atoms with Gasteiger partial charge in [-0.1, -0.05) is 31.5 Å². The van der Waals surface area contributed by atoms with Crippen molar-refractivity contribution in [1.82, 2.24) is 19.7 Å².